The zero-order chi connectivity index (χ0) is 46.0. The first kappa shape index (κ1) is 39.4. The topological polar surface area (TPSA) is 3.24 Å². The van der Waals surface area contributed by atoms with Crippen LogP contribution in [0, 0.1) is 0 Å². The predicted octanol–water partition coefficient (Wildman–Crippen LogP) is 17.9. The zero-order valence-electron chi connectivity index (χ0n) is 38.2. The monoisotopic (exact) mass is 905 g/mol. The van der Waals surface area contributed by atoms with Gasteiger partial charge in [-0.1, -0.05) is 224 Å². The number of anilines is 3. The molecule has 0 N–H and O–H groups in total. The van der Waals surface area contributed by atoms with Crippen molar-refractivity contribution in [1.29, 1.82) is 0 Å². The molecule has 15 rings (SSSR count). The molecular weight excluding hydrogens is 863 g/mol. The number of nitrogens with zero attached hydrogens (tertiary/aromatic N) is 1. The van der Waals surface area contributed by atoms with Crippen molar-refractivity contribution >= 4 is 48.6 Å². The lowest BCUT2D eigenvalue weighted by molar-refractivity contribution is 0.768. The van der Waals surface area contributed by atoms with Gasteiger partial charge < -0.3 is 4.90 Å². The van der Waals surface area contributed by atoms with Crippen LogP contribution in [-0.2, 0) is 10.8 Å². The molecule has 0 unspecified atom stereocenters. The Morgan fingerprint density at radius 3 is 1.33 bits per heavy atom. The lowest BCUT2D eigenvalue weighted by Gasteiger charge is -2.35. The summed E-state index contributed by atoms with van der Waals surface area (Å²) < 4.78 is 2.64. The Bertz CT molecular complexity index is 3970. The second-order valence-electron chi connectivity index (χ2n) is 19.0. The SMILES string of the molecule is c1ccc(C2(c3ccc(N(c4ccc(-c5cccc6c5sc5ccccc56)cc4)c4cccc5c4-c4ccccc4C54c5ccccc5-c5ccccc54)cc3)c3ccccc3-c3ccccc32)cc1. The fourth-order valence-corrected chi connectivity index (χ4v) is 14.3. The fourth-order valence-electron chi connectivity index (χ4n) is 13.1. The lowest BCUT2D eigenvalue weighted by atomic mass is 9.68. The first-order valence-electron chi connectivity index (χ1n) is 24.3. The van der Waals surface area contributed by atoms with Crippen molar-refractivity contribution in [3.8, 4) is 44.5 Å². The highest BCUT2D eigenvalue weighted by Gasteiger charge is 2.52. The molecule has 0 saturated heterocycles. The van der Waals surface area contributed by atoms with Crippen LogP contribution in [0.2, 0.25) is 0 Å². The first-order valence-corrected chi connectivity index (χ1v) is 25.2. The maximum absolute atomic E-state index is 2.51. The molecular formula is C68H43NS. The van der Waals surface area contributed by atoms with Gasteiger partial charge in [0.05, 0.1) is 16.5 Å². The van der Waals surface area contributed by atoms with Gasteiger partial charge in [-0.3, -0.25) is 0 Å². The molecule has 1 aromatic heterocycles. The molecule has 0 fully saturated rings. The zero-order valence-corrected chi connectivity index (χ0v) is 39.0. The van der Waals surface area contributed by atoms with Gasteiger partial charge in [-0.15, -0.1) is 11.3 Å². The molecule has 0 bridgehead atoms. The third kappa shape index (κ3) is 5.21. The summed E-state index contributed by atoms with van der Waals surface area (Å²) >= 11 is 1.88. The van der Waals surface area contributed by atoms with Crippen molar-refractivity contribution in [2.24, 2.45) is 0 Å². The number of hydrogen-bond donors (Lipinski definition) is 0. The molecule has 11 aromatic carbocycles. The molecule has 1 nitrogen and oxygen atoms in total. The van der Waals surface area contributed by atoms with E-state index in [1.54, 1.807) is 0 Å². The summed E-state index contributed by atoms with van der Waals surface area (Å²) in [6.07, 6.45) is 0. The molecule has 326 valence electrons. The minimum absolute atomic E-state index is 0.456. The Balaban J connectivity index is 0.959. The number of rotatable bonds is 6. The molecule has 1 heterocycles. The van der Waals surface area contributed by atoms with Crippen LogP contribution in [0.3, 0.4) is 0 Å². The number of benzene rings is 11. The highest BCUT2D eigenvalue weighted by molar-refractivity contribution is 7.26. The molecule has 2 heteroatoms. The highest BCUT2D eigenvalue weighted by atomic mass is 32.1. The molecule has 0 saturated carbocycles. The van der Waals surface area contributed by atoms with Gasteiger partial charge in [0.15, 0.2) is 0 Å². The third-order valence-electron chi connectivity index (χ3n) is 15.8. The number of fused-ring (bicyclic) bond motifs is 16. The van der Waals surface area contributed by atoms with Crippen molar-refractivity contribution in [3.63, 3.8) is 0 Å². The lowest BCUT2D eigenvalue weighted by Crippen LogP contribution is -2.28. The van der Waals surface area contributed by atoms with Crippen LogP contribution in [0.4, 0.5) is 17.1 Å². The number of thiophene rings is 1. The molecule has 3 aliphatic carbocycles. The van der Waals surface area contributed by atoms with E-state index in [4.69, 9.17) is 0 Å². The summed E-state index contributed by atoms with van der Waals surface area (Å²) in [5.74, 6) is 0. The maximum Gasteiger partial charge on any atom is 0.0726 e. The van der Waals surface area contributed by atoms with Crippen LogP contribution in [-0.4, -0.2) is 0 Å². The van der Waals surface area contributed by atoms with Crippen LogP contribution in [0.25, 0.3) is 64.7 Å². The van der Waals surface area contributed by atoms with Gasteiger partial charge in [-0.2, -0.15) is 0 Å². The fraction of sp³-hybridized carbons (Fsp3) is 0.0294. The van der Waals surface area contributed by atoms with E-state index >= 15 is 0 Å². The maximum atomic E-state index is 2.51. The van der Waals surface area contributed by atoms with E-state index in [9.17, 15) is 0 Å². The molecule has 0 amide bonds. The van der Waals surface area contributed by atoms with E-state index < -0.39 is 10.8 Å². The third-order valence-corrected chi connectivity index (χ3v) is 17.0. The van der Waals surface area contributed by atoms with E-state index in [2.05, 4.69) is 266 Å². The molecule has 0 aliphatic heterocycles. The smallest absolute Gasteiger partial charge is 0.0726 e. The van der Waals surface area contributed by atoms with Crippen LogP contribution in [0.5, 0.6) is 0 Å². The largest absolute Gasteiger partial charge is 0.310 e. The van der Waals surface area contributed by atoms with Gasteiger partial charge in [-0.25, -0.2) is 0 Å². The van der Waals surface area contributed by atoms with Crippen LogP contribution < -0.4 is 4.90 Å². The summed E-state index contributed by atoms with van der Waals surface area (Å²) in [5, 5.41) is 2.63. The molecule has 0 radical (unpaired) electrons. The van der Waals surface area contributed by atoms with Crippen LogP contribution in [0.1, 0.15) is 44.5 Å². The van der Waals surface area contributed by atoms with E-state index in [1.165, 1.54) is 109 Å². The molecule has 12 aromatic rings. The number of hydrogen-bond acceptors (Lipinski definition) is 2. The van der Waals surface area contributed by atoms with Gasteiger partial charge in [0.1, 0.15) is 0 Å². The normalized spacial score (nSPS) is 13.9. The van der Waals surface area contributed by atoms with E-state index in [0.717, 1.165) is 17.1 Å². The molecule has 1 spiro atoms. The van der Waals surface area contributed by atoms with E-state index in [1.807, 2.05) is 11.3 Å². The quantitative estimate of drug-likeness (QED) is 0.161. The Morgan fingerprint density at radius 2 is 0.714 bits per heavy atom. The van der Waals surface area contributed by atoms with Gasteiger partial charge in [0.25, 0.3) is 0 Å². The molecule has 70 heavy (non-hydrogen) atoms. The molecule has 3 aliphatic rings. The predicted molar refractivity (Wildman–Crippen MR) is 293 cm³/mol. The Morgan fingerprint density at radius 1 is 0.286 bits per heavy atom. The summed E-state index contributed by atoms with van der Waals surface area (Å²) in [7, 11) is 0. The van der Waals surface area contributed by atoms with E-state index in [0.29, 0.717) is 0 Å². The molecule has 0 atom stereocenters. The van der Waals surface area contributed by atoms with Gasteiger partial charge >= 0.3 is 0 Å². The van der Waals surface area contributed by atoms with E-state index in [-0.39, 0.29) is 0 Å². The minimum Gasteiger partial charge on any atom is -0.310 e. The minimum atomic E-state index is -0.490. The van der Waals surface area contributed by atoms with Gasteiger partial charge in [-0.05, 0) is 120 Å². The first-order chi connectivity index (χ1) is 34.7. The van der Waals surface area contributed by atoms with Crippen molar-refractivity contribution in [2.45, 2.75) is 10.8 Å². The van der Waals surface area contributed by atoms with Crippen molar-refractivity contribution in [2.75, 3.05) is 4.90 Å². The standard InChI is InChI=1S/C68H43NS/c1-2-18-45(19-3-1)67(57-28-10-4-20-50(57)51-21-5-11-29-58(51)67)46-38-42-48(43-39-46)69(47-40-36-44(37-41-47)49-26-16-27-55-54-24-9-15-35-64(54)70-66(49)55)63-34-17-33-62-65(63)56-25-8-14-32-61(56)68(62)59-30-12-6-22-52(59)53-23-7-13-31-60(53)68/h1-43H. The van der Waals surface area contributed by atoms with Crippen molar-refractivity contribution < 1.29 is 0 Å². The van der Waals surface area contributed by atoms with Gasteiger partial charge in [0, 0.05) is 37.1 Å². The average Bonchev–Trinajstić information content (AvgIpc) is 4.15. The summed E-state index contributed by atoms with van der Waals surface area (Å²) in [6.45, 7) is 0. The summed E-state index contributed by atoms with van der Waals surface area (Å²) in [5.41, 5.74) is 23.1. The van der Waals surface area contributed by atoms with Crippen LogP contribution in [0.15, 0.2) is 261 Å². The van der Waals surface area contributed by atoms with Gasteiger partial charge in [0.2, 0.25) is 0 Å². The Kier molecular flexibility index (Phi) is 8.43. The Labute approximate surface area is 411 Å². The van der Waals surface area contributed by atoms with Crippen molar-refractivity contribution in [3.05, 3.63) is 305 Å². The van der Waals surface area contributed by atoms with Crippen LogP contribution >= 0.6 is 11.3 Å². The Hall–Kier alpha value is -8.56. The summed E-state index contributed by atoms with van der Waals surface area (Å²) in [4.78, 5) is 2.51. The second kappa shape index (κ2) is 15.0. The average molecular weight is 906 g/mol. The second-order valence-corrected chi connectivity index (χ2v) is 20.1. The summed E-state index contributed by atoms with van der Waals surface area (Å²) in [6, 6.07) is 97.9. The highest BCUT2D eigenvalue weighted by Crippen LogP contribution is 2.65. The van der Waals surface area contributed by atoms with Crippen molar-refractivity contribution in [1.82, 2.24) is 0 Å².